The van der Waals surface area contributed by atoms with Crippen molar-refractivity contribution in [1.29, 1.82) is 0 Å². The number of unbranched alkanes of at least 4 members (excludes halogenated alkanes) is 6. The highest BCUT2D eigenvalue weighted by Gasteiger charge is 2.04. The third-order valence-electron chi connectivity index (χ3n) is 3.73. The molecule has 0 spiro atoms. The van der Waals surface area contributed by atoms with Crippen LogP contribution in [0.2, 0.25) is 0 Å². The highest BCUT2D eigenvalue weighted by Crippen LogP contribution is 2.21. The molecule has 0 aliphatic rings. The molecule has 0 fully saturated rings. The Kier molecular flexibility index (Phi) is 9.52. The van der Waals surface area contributed by atoms with Crippen LogP contribution in [0.25, 0.3) is 0 Å². The van der Waals surface area contributed by atoms with Gasteiger partial charge in [-0.1, -0.05) is 51.5 Å². The summed E-state index contributed by atoms with van der Waals surface area (Å²) >= 11 is 0. The van der Waals surface area contributed by atoms with Gasteiger partial charge in [0.1, 0.15) is 0 Å². The van der Waals surface area contributed by atoms with E-state index in [1.807, 2.05) is 6.07 Å². The largest absolute Gasteiger partial charge is 0.240 e. The molecule has 1 rings (SSSR count). The predicted molar refractivity (Wildman–Crippen MR) is 87.7 cm³/mol. The van der Waals surface area contributed by atoms with E-state index in [0.717, 1.165) is 24.0 Å². The van der Waals surface area contributed by atoms with E-state index in [4.69, 9.17) is 0 Å². The van der Waals surface area contributed by atoms with Gasteiger partial charge in [-0.15, -0.1) is 0 Å². The van der Waals surface area contributed by atoms with Gasteiger partial charge >= 0.3 is 0 Å². The van der Waals surface area contributed by atoms with Crippen molar-refractivity contribution in [2.24, 2.45) is 9.98 Å². The fraction of sp³-hybridized carbons (Fsp3) is 0.556. The van der Waals surface area contributed by atoms with Crippen LogP contribution in [0, 0.1) is 0 Å². The van der Waals surface area contributed by atoms with Crippen LogP contribution < -0.4 is 0 Å². The van der Waals surface area contributed by atoms with Crippen molar-refractivity contribution in [1.82, 2.24) is 0 Å². The smallest absolute Gasteiger partial charge is 0.211 e. The van der Waals surface area contributed by atoms with Crippen molar-refractivity contribution in [3.8, 4) is 0 Å². The molecule has 0 unspecified atom stereocenters. The Morgan fingerprint density at radius 2 is 1.64 bits per heavy atom. The van der Waals surface area contributed by atoms with Gasteiger partial charge in [0.15, 0.2) is 0 Å². The van der Waals surface area contributed by atoms with Crippen molar-refractivity contribution in [3.63, 3.8) is 0 Å². The molecule has 4 nitrogen and oxygen atoms in total. The molecule has 0 radical (unpaired) electrons. The molecule has 22 heavy (non-hydrogen) atoms. The first-order chi connectivity index (χ1) is 10.8. The van der Waals surface area contributed by atoms with E-state index in [9.17, 15) is 9.59 Å². The molecular formula is C18H24N2O2. The number of isocyanates is 2. The van der Waals surface area contributed by atoms with Gasteiger partial charge in [0.05, 0.1) is 12.2 Å². The molecule has 1 aromatic rings. The molecule has 1 aromatic carbocycles. The zero-order valence-corrected chi connectivity index (χ0v) is 13.3. The lowest BCUT2D eigenvalue weighted by molar-refractivity contribution is 0.562. The van der Waals surface area contributed by atoms with Crippen molar-refractivity contribution < 1.29 is 9.59 Å². The Bertz CT molecular complexity index is 542. The summed E-state index contributed by atoms with van der Waals surface area (Å²) in [6.45, 7) is 2.51. The van der Waals surface area contributed by atoms with Crippen molar-refractivity contribution in [3.05, 3.63) is 29.3 Å². The number of nitrogens with zero attached hydrogens (tertiary/aromatic N) is 2. The third kappa shape index (κ3) is 7.12. The van der Waals surface area contributed by atoms with Crippen LogP contribution >= 0.6 is 0 Å². The maximum Gasteiger partial charge on any atom is 0.240 e. The number of aryl methyl sites for hydroxylation is 1. The van der Waals surface area contributed by atoms with Crippen molar-refractivity contribution in [2.75, 3.05) is 0 Å². The number of hydrogen-bond acceptors (Lipinski definition) is 4. The second-order valence-corrected chi connectivity index (χ2v) is 5.43. The van der Waals surface area contributed by atoms with E-state index >= 15 is 0 Å². The maximum atomic E-state index is 10.3. The van der Waals surface area contributed by atoms with Gasteiger partial charge in [-0.2, -0.15) is 4.99 Å². The number of aliphatic imine (C=N–C) groups is 2. The first kappa shape index (κ1) is 18.0. The molecular weight excluding hydrogens is 276 g/mol. The van der Waals surface area contributed by atoms with Crippen LogP contribution in [0.5, 0.6) is 0 Å². The second-order valence-electron chi connectivity index (χ2n) is 5.43. The Labute approximate surface area is 132 Å². The van der Waals surface area contributed by atoms with Crippen LogP contribution in [-0.4, -0.2) is 12.2 Å². The standard InChI is InChI=1S/C18H24N2O2/c1-2-3-4-5-6-7-8-9-16-10-11-18(20-15-22)12-17(16)13-19-14-21/h10-12H,2-9,13H2,1H3. The lowest BCUT2D eigenvalue weighted by atomic mass is 9.99. The van der Waals surface area contributed by atoms with Gasteiger partial charge in [-0.25, -0.2) is 14.6 Å². The molecule has 0 heterocycles. The number of hydrogen-bond donors (Lipinski definition) is 0. The SMILES string of the molecule is CCCCCCCCCc1ccc(N=C=O)cc1CN=C=O. The molecule has 118 valence electrons. The van der Waals surface area contributed by atoms with Gasteiger partial charge in [-0.05, 0) is 36.1 Å². The summed E-state index contributed by atoms with van der Waals surface area (Å²) in [6, 6.07) is 5.56. The molecule has 0 aromatic heterocycles. The number of rotatable bonds is 11. The predicted octanol–water partition coefficient (Wildman–Crippen LogP) is 4.78. The zero-order valence-electron chi connectivity index (χ0n) is 13.3. The summed E-state index contributed by atoms with van der Waals surface area (Å²) < 4.78 is 0. The van der Waals surface area contributed by atoms with Crippen LogP contribution in [-0.2, 0) is 22.6 Å². The van der Waals surface area contributed by atoms with Crippen LogP contribution in [0.15, 0.2) is 28.2 Å². The lowest BCUT2D eigenvalue weighted by Gasteiger charge is -2.08. The quantitative estimate of drug-likeness (QED) is 0.335. The van der Waals surface area contributed by atoms with E-state index in [1.54, 1.807) is 18.2 Å². The minimum absolute atomic E-state index is 0.289. The summed E-state index contributed by atoms with van der Waals surface area (Å²) in [5, 5.41) is 0. The van der Waals surface area contributed by atoms with Gasteiger partial charge < -0.3 is 0 Å². The summed E-state index contributed by atoms with van der Waals surface area (Å²) in [5.41, 5.74) is 2.65. The summed E-state index contributed by atoms with van der Waals surface area (Å²) in [6.07, 6.45) is 12.9. The summed E-state index contributed by atoms with van der Waals surface area (Å²) in [5.74, 6) is 0. The zero-order chi connectivity index (χ0) is 16.0. The second kappa shape index (κ2) is 11.6. The Hall–Kier alpha value is -2.02. The number of carbonyl (C=O) groups excluding carboxylic acids is 2. The first-order valence-corrected chi connectivity index (χ1v) is 8.05. The van der Waals surface area contributed by atoms with Gasteiger partial charge in [0.25, 0.3) is 0 Å². The maximum absolute atomic E-state index is 10.3. The van der Waals surface area contributed by atoms with E-state index < -0.39 is 0 Å². The van der Waals surface area contributed by atoms with Crippen molar-refractivity contribution in [2.45, 2.75) is 64.8 Å². The van der Waals surface area contributed by atoms with Crippen LogP contribution in [0.4, 0.5) is 5.69 Å². The molecule has 0 aliphatic carbocycles. The van der Waals surface area contributed by atoms with Gasteiger partial charge in [0, 0.05) is 0 Å². The molecule has 4 heteroatoms. The van der Waals surface area contributed by atoms with E-state index in [1.165, 1.54) is 44.6 Å². The highest BCUT2D eigenvalue weighted by atomic mass is 16.1. The molecule has 0 saturated heterocycles. The molecule has 0 saturated carbocycles. The molecule has 0 aliphatic heterocycles. The van der Waals surface area contributed by atoms with E-state index in [0.29, 0.717) is 5.69 Å². The topological polar surface area (TPSA) is 58.9 Å². The number of benzene rings is 1. The lowest BCUT2D eigenvalue weighted by Crippen LogP contribution is -1.94. The third-order valence-corrected chi connectivity index (χ3v) is 3.73. The monoisotopic (exact) mass is 300 g/mol. The van der Waals surface area contributed by atoms with Gasteiger partial charge in [0.2, 0.25) is 12.2 Å². The average molecular weight is 300 g/mol. The summed E-state index contributed by atoms with van der Waals surface area (Å²) in [4.78, 5) is 27.9. The normalized spacial score (nSPS) is 9.86. The molecule has 0 bridgehead atoms. The minimum Gasteiger partial charge on any atom is -0.211 e. The average Bonchev–Trinajstić information content (AvgIpc) is 2.53. The molecule has 0 atom stereocenters. The fourth-order valence-electron chi connectivity index (χ4n) is 2.52. The van der Waals surface area contributed by atoms with Crippen molar-refractivity contribution >= 4 is 17.8 Å². The fourth-order valence-corrected chi connectivity index (χ4v) is 2.52. The van der Waals surface area contributed by atoms with Gasteiger partial charge in [-0.3, -0.25) is 0 Å². The Morgan fingerprint density at radius 1 is 0.909 bits per heavy atom. The Morgan fingerprint density at radius 3 is 2.32 bits per heavy atom. The van der Waals surface area contributed by atoms with E-state index in [2.05, 4.69) is 16.9 Å². The first-order valence-electron chi connectivity index (χ1n) is 8.05. The van der Waals surface area contributed by atoms with E-state index in [-0.39, 0.29) is 6.54 Å². The molecule has 0 N–H and O–H groups in total. The van der Waals surface area contributed by atoms with Crippen LogP contribution in [0.3, 0.4) is 0 Å². The van der Waals surface area contributed by atoms with Crippen LogP contribution in [0.1, 0.15) is 63.0 Å². The minimum atomic E-state index is 0.289. The summed E-state index contributed by atoms with van der Waals surface area (Å²) in [7, 11) is 0. The Balaban J connectivity index is 2.53. The highest BCUT2D eigenvalue weighted by molar-refractivity contribution is 5.52. The molecule has 0 amide bonds.